The van der Waals surface area contributed by atoms with Crippen molar-refractivity contribution in [2.24, 2.45) is 5.92 Å². The third kappa shape index (κ3) is 7.68. The second-order valence-electron chi connectivity index (χ2n) is 11.9. The monoisotopic (exact) mass is 583 g/mol. The summed E-state index contributed by atoms with van der Waals surface area (Å²) in [5, 5.41) is 5.35. The summed E-state index contributed by atoms with van der Waals surface area (Å²) in [6.07, 6.45) is 6.31. The number of benzene rings is 4. The van der Waals surface area contributed by atoms with Gasteiger partial charge in [0.05, 0.1) is 39.6 Å². The van der Waals surface area contributed by atoms with Gasteiger partial charge in [-0.1, -0.05) is 67.4 Å². The number of fused-ring (bicyclic) bond motifs is 3. The molecule has 1 aliphatic heterocycles. The van der Waals surface area contributed by atoms with Crippen LogP contribution in [0.1, 0.15) is 42.4 Å². The van der Waals surface area contributed by atoms with Gasteiger partial charge >= 0.3 is 0 Å². The van der Waals surface area contributed by atoms with Crippen LogP contribution in [-0.2, 0) is 27.2 Å². The second-order valence-corrected chi connectivity index (χ2v) is 11.9. The van der Waals surface area contributed by atoms with Crippen molar-refractivity contribution in [2.75, 3.05) is 66.4 Å². The average molecular weight is 584 g/mol. The largest absolute Gasteiger partial charge is 0.487 e. The van der Waals surface area contributed by atoms with Gasteiger partial charge in [-0.05, 0) is 82.6 Å². The van der Waals surface area contributed by atoms with E-state index < -0.39 is 0 Å². The molecular weight excluding hydrogens is 538 g/mol. The van der Waals surface area contributed by atoms with Gasteiger partial charge in [0.15, 0.2) is 11.5 Å². The van der Waals surface area contributed by atoms with Gasteiger partial charge in [0.25, 0.3) is 0 Å². The lowest BCUT2D eigenvalue weighted by atomic mass is 9.88. The van der Waals surface area contributed by atoms with Crippen LogP contribution in [0.4, 0.5) is 0 Å². The van der Waals surface area contributed by atoms with Gasteiger partial charge in [0.2, 0.25) is 0 Å². The molecule has 4 aromatic carbocycles. The summed E-state index contributed by atoms with van der Waals surface area (Å²) in [4.78, 5) is 2.54. The van der Waals surface area contributed by atoms with Crippen molar-refractivity contribution < 1.29 is 23.7 Å². The minimum Gasteiger partial charge on any atom is -0.487 e. The van der Waals surface area contributed by atoms with E-state index in [1.165, 1.54) is 70.5 Å². The van der Waals surface area contributed by atoms with Crippen molar-refractivity contribution in [1.29, 1.82) is 0 Å². The number of hydrogen-bond acceptors (Lipinski definition) is 6. The molecule has 0 amide bonds. The van der Waals surface area contributed by atoms with E-state index in [9.17, 15) is 0 Å². The fourth-order valence-electron chi connectivity index (χ4n) is 6.70. The van der Waals surface area contributed by atoms with Gasteiger partial charge < -0.3 is 28.6 Å². The number of ether oxygens (including phenoxy) is 5. The van der Waals surface area contributed by atoms with E-state index in [2.05, 4.69) is 72.6 Å². The third-order valence-electron chi connectivity index (χ3n) is 8.73. The van der Waals surface area contributed by atoms with Gasteiger partial charge in [-0.2, -0.15) is 0 Å². The van der Waals surface area contributed by atoms with E-state index in [0.717, 1.165) is 30.4 Å². The first-order valence-corrected chi connectivity index (χ1v) is 16.0. The van der Waals surface area contributed by atoms with Crippen LogP contribution < -0.4 is 9.47 Å². The number of hydrogen-bond donors (Lipinski definition) is 0. The first-order chi connectivity index (χ1) is 21.3. The van der Waals surface area contributed by atoms with Crippen LogP contribution in [0.2, 0.25) is 0 Å². The lowest BCUT2D eigenvalue weighted by Gasteiger charge is -2.24. The first-order valence-electron chi connectivity index (χ1n) is 16.0. The van der Waals surface area contributed by atoms with Crippen LogP contribution in [0, 0.1) is 5.92 Å². The van der Waals surface area contributed by atoms with E-state index in [1.54, 1.807) is 0 Å². The normalized spacial score (nSPS) is 17.7. The van der Waals surface area contributed by atoms with Gasteiger partial charge in [-0.3, -0.25) is 0 Å². The van der Waals surface area contributed by atoms with Crippen molar-refractivity contribution in [1.82, 2.24) is 4.90 Å². The number of rotatable bonds is 6. The first kappa shape index (κ1) is 29.9. The molecule has 6 rings (SSSR count). The predicted octanol–water partition coefficient (Wildman–Crippen LogP) is 7.03. The van der Waals surface area contributed by atoms with Crippen molar-refractivity contribution in [2.45, 2.75) is 38.6 Å². The molecule has 0 aromatic heterocycles. The van der Waals surface area contributed by atoms with Gasteiger partial charge in [0, 0.05) is 13.1 Å². The van der Waals surface area contributed by atoms with E-state index in [4.69, 9.17) is 23.7 Å². The lowest BCUT2D eigenvalue weighted by Crippen LogP contribution is -2.24. The molecule has 0 atom stereocenters. The Morgan fingerprint density at radius 3 is 1.70 bits per heavy atom. The minimum absolute atomic E-state index is 0.450. The molecule has 0 saturated heterocycles. The Morgan fingerprint density at radius 1 is 0.605 bits per heavy atom. The SMILES string of the molecule is CN(Cc1c2ccccc2c(Cc2ccc3c(c2)OCCOCCOCCOCCO3)c2ccccc12)CC1CCCC1. The van der Waals surface area contributed by atoms with Crippen molar-refractivity contribution in [3.63, 3.8) is 0 Å². The highest BCUT2D eigenvalue weighted by Crippen LogP contribution is 2.37. The van der Waals surface area contributed by atoms with Gasteiger partial charge in [-0.15, -0.1) is 0 Å². The molecule has 2 aliphatic rings. The van der Waals surface area contributed by atoms with Crippen LogP contribution in [-0.4, -0.2) is 71.3 Å². The minimum atomic E-state index is 0.450. The molecule has 6 nitrogen and oxygen atoms in total. The van der Waals surface area contributed by atoms with Crippen LogP contribution in [0.25, 0.3) is 21.5 Å². The average Bonchev–Trinajstić information content (AvgIpc) is 3.54. The zero-order chi connectivity index (χ0) is 29.3. The van der Waals surface area contributed by atoms with E-state index >= 15 is 0 Å². The molecule has 0 bridgehead atoms. The highest BCUT2D eigenvalue weighted by Gasteiger charge is 2.20. The van der Waals surface area contributed by atoms with Gasteiger partial charge in [0.1, 0.15) is 13.2 Å². The maximum Gasteiger partial charge on any atom is 0.161 e. The molecule has 0 spiro atoms. The smallest absolute Gasteiger partial charge is 0.161 e. The molecule has 1 aliphatic carbocycles. The Kier molecular flexibility index (Phi) is 10.4. The van der Waals surface area contributed by atoms with Gasteiger partial charge in [-0.25, -0.2) is 0 Å². The molecule has 1 heterocycles. The summed E-state index contributed by atoms with van der Waals surface area (Å²) in [7, 11) is 2.29. The third-order valence-corrected chi connectivity index (χ3v) is 8.73. The summed E-state index contributed by atoms with van der Waals surface area (Å²) in [6.45, 7) is 6.23. The molecule has 4 aromatic rings. The highest BCUT2D eigenvalue weighted by atomic mass is 16.6. The Hall–Kier alpha value is -3.16. The fourth-order valence-corrected chi connectivity index (χ4v) is 6.70. The van der Waals surface area contributed by atoms with Crippen LogP contribution in [0.5, 0.6) is 11.5 Å². The van der Waals surface area contributed by atoms with Crippen LogP contribution in [0.15, 0.2) is 66.7 Å². The van der Waals surface area contributed by atoms with Crippen LogP contribution >= 0.6 is 0 Å². The molecule has 1 fully saturated rings. The number of nitrogens with zero attached hydrogens (tertiary/aromatic N) is 1. The summed E-state index contributed by atoms with van der Waals surface area (Å²) >= 11 is 0. The van der Waals surface area contributed by atoms with Crippen LogP contribution in [0.3, 0.4) is 0 Å². The van der Waals surface area contributed by atoms with Crippen molar-refractivity contribution in [3.8, 4) is 11.5 Å². The highest BCUT2D eigenvalue weighted by molar-refractivity contribution is 6.06. The standard InChI is InChI=1S/C37H45NO5/c1-38(26-28-8-2-3-9-28)27-35-32-12-6-4-10-30(32)34(31-11-5-7-13-33(31)35)24-29-14-15-36-37(25-29)43-23-21-41-19-17-39-16-18-40-20-22-42-36/h4-7,10-15,25,28H,2-3,8-9,16-24,26-27H2,1H3. The molecule has 1 saturated carbocycles. The van der Waals surface area contributed by atoms with E-state index in [-0.39, 0.29) is 0 Å². The summed E-state index contributed by atoms with van der Waals surface area (Å²) < 4.78 is 29.1. The molecule has 0 radical (unpaired) electrons. The summed E-state index contributed by atoms with van der Waals surface area (Å²) in [6, 6.07) is 24.2. The molecular formula is C37H45NO5. The van der Waals surface area contributed by atoms with E-state index in [1.807, 2.05) is 6.07 Å². The van der Waals surface area contributed by atoms with E-state index in [0.29, 0.717) is 52.9 Å². The quantitative estimate of drug-likeness (QED) is 0.227. The Morgan fingerprint density at radius 2 is 1.12 bits per heavy atom. The fraction of sp³-hybridized carbons (Fsp3) is 0.459. The maximum atomic E-state index is 6.20. The second kappa shape index (κ2) is 15.0. The Bertz CT molecular complexity index is 1420. The zero-order valence-electron chi connectivity index (χ0n) is 25.5. The predicted molar refractivity (Wildman–Crippen MR) is 172 cm³/mol. The molecule has 228 valence electrons. The summed E-state index contributed by atoms with van der Waals surface area (Å²) in [5.41, 5.74) is 3.97. The van der Waals surface area contributed by atoms with Crippen molar-refractivity contribution in [3.05, 3.63) is 83.4 Å². The molecule has 0 unspecified atom stereocenters. The van der Waals surface area contributed by atoms with Crippen molar-refractivity contribution >= 4 is 21.5 Å². The lowest BCUT2D eigenvalue weighted by molar-refractivity contribution is 0.00708. The summed E-state index contributed by atoms with van der Waals surface area (Å²) in [5.74, 6) is 2.30. The maximum absolute atomic E-state index is 6.20. The topological polar surface area (TPSA) is 49.4 Å². The molecule has 43 heavy (non-hydrogen) atoms. The molecule has 6 heteroatoms. The Labute approximate surface area is 255 Å². The molecule has 0 N–H and O–H groups in total. The zero-order valence-corrected chi connectivity index (χ0v) is 25.5. The Balaban J connectivity index is 1.30.